The van der Waals surface area contributed by atoms with Crippen LogP contribution in [0, 0.1) is 11.6 Å². The number of nitrogens with one attached hydrogen (secondary N) is 2. The molecule has 0 heterocycles. The Bertz CT molecular complexity index is 1060. The number of amides is 2. The van der Waals surface area contributed by atoms with Crippen molar-refractivity contribution in [2.75, 3.05) is 19.0 Å². The largest absolute Gasteiger partial charge is 0.467 e. The van der Waals surface area contributed by atoms with E-state index >= 15 is 0 Å². The van der Waals surface area contributed by atoms with Crippen LogP contribution in [0.25, 0.3) is 0 Å². The average Bonchev–Trinajstić information content (AvgIpc) is 3.71. The molecule has 2 aromatic carbocycles. The first kappa shape index (κ1) is 29.6. The van der Waals surface area contributed by atoms with E-state index in [1.54, 1.807) is 0 Å². The van der Waals surface area contributed by atoms with Gasteiger partial charge in [0.15, 0.2) is 6.10 Å². The second-order valence-electron chi connectivity index (χ2n) is 10.0. The third-order valence-electron chi connectivity index (χ3n) is 7.32. The van der Waals surface area contributed by atoms with Gasteiger partial charge in [0, 0.05) is 30.6 Å². The molecule has 1 aliphatic carbocycles. The predicted octanol–water partition coefficient (Wildman–Crippen LogP) is 6.67. The number of hydrogen-bond acceptors (Lipinski definition) is 4. The van der Waals surface area contributed by atoms with Gasteiger partial charge in [0.2, 0.25) is 0 Å². The molecule has 38 heavy (non-hydrogen) atoms. The zero-order valence-electron chi connectivity index (χ0n) is 22.7. The van der Waals surface area contributed by atoms with Crippen LogP contribution in [0.3, 0.4) is 0 Å². The third-order valence-corrected chi connectivity index (χ3v) is 7.32. The molecule has 208 valence electrons. The molecule has 6 nitrogen and oxygen atoms in total. The summed E-state index contributed by atoms with van der Waals surface area (Å²) >= 11 is 0. The number of ether oxygens (including phenoxy) is 2. The van der Waals surface area contributed by atoms with Crippen LogP contribution in [-0.4, -0.2) is 37.9 Å². The van der Waals surface area contributed by atoms with Crippen molar-refractivity contribution < 1.29 is 27.8 Å². The van der Waals surface area contributed by atoms with Crippen molar-refractivity contribution in [3.63, 3.8) is 0 Å². The van der Waals surface area contributed by atoms with E-state index in [-0.39, 0.29) is 17.1 Å². The van der Waals surface area contributed by atoms with Gasteiger partial charge in [0.1, 0.15) is 11.6 Å². The molecular formula is C30H40F2N2O4. The number of rotatable bonds is 15. The number of methoxy groups -OCH3 is 1. The minimum Gasteiger partial charge on any atom is -0.467 e. The summed E-state index contributed by atoms with van der Waals surface area (Å²) in [5.74, 6) is -1.91. The minimum absolute atomic E-state index is 0.0609. The van der Waals surface area contributed by atoms with Gasteiger partial charge in [-0.1, -0.05) is 63.3 Å². The van der Waals surface area contributed by atoms with Crippen molar-refractivity contribution in [1.82, 2.24) is 5.32 Å². The maximum Gasteiger partial charge on any atom is 0.335 e. The monoisotopic (exact) mass is 530 g/mol. The Kier molecular flexibility index (Phi) is 11.1. The van der Waals surface area contributed by atoms with Gasteiger partial charge >= 0.3 is 12.0 Å². The summed E-state index contributed by atoms with van der Waals surface area (Å²) < 4.78 is 37.8. The fraction of sp³-hybridized carbons (Fsp3) is 0.533. The first-order chi connectivity index (χ1) is 18.3. The van der Waals surface area contributed by atoms with Crippen LogP contribution < -0.4 is 10.6 Å². The van der Waals surface area contributed by atoms with Gasteiger partial charge in [0.05, 0.1) is 12.8 Å². The summed E-state index contributed by atoms with van der Waals surface area (Å²) in [4.78, 5) is 24.9. The summed E-state index contributed by atoms with van der Waals surface area (Å²) in [6, 6.07) is 10.6. The highest BCUT2D eigenvalue weighted by molar-refractivity contribution is 5.89. The van der Waals surface area contributed by atoms with E-state index in [2.05, 4.69) is 29.7 Å². The lowest BCUT2D eigenvalue weighted by molar-refractivity contribution is -0.153. The molecule has 8 heteroatoms. The average molecular weight is 531 g/mol. The molecule has 1 saturated carbocycles. The van der Waals surface area contributed by atoms with E-state index < -0.39 is 29.7 Å². The van der Waals surface area contributed by atoms with Crippen LogP contribution in [0.15, 0.2) is 42.5 Å². The topological polar surface area (TPSA) is 76.7 Å². The normalized spacial score (nSPS) is 15.4. The molecule has 0 aromatic heterocycles. The molecule has 0 saturated heterocycles. The van der Waals surface area contributed by atoms with Gasteiger partial charge in [-0.2, -0.15) is 0 Å². The van der Waals surface area contributed by atoms with E-state index in [9.17, 15) is 18.4 Å². The number of carbonyl (C=O) groups excluding carboxylic acids is 2. The summed E-state index contributed by atoms with van der Waals surface area (Å²) in [7, 11) is 1.35. The summed E-state index contributed by atoms with van der Waals surface area (Å²) in [6.07, 6.45) is 7.98. The summed E-state index contributed by atoms with van der Waals surface area (Å²) in [5, 5.41) is 5.63. The SMILES string of the molecule is CCCCCCCC(NC(=O)Nc1ccc(F)cc1F)C1(c2ccc(CC(OCC)C(=O)OC)cc2)CC1. The molecule has 3 rings (SSSR count). The maximum absolute atomic E-state index is 14.1. The molecule has 2 amide bonds. The second kappa shape index (κ2) is 14.2. The highest BCUT2D eigenvalue weighted by Gasteiger charge is 2.50. The standard InChI is InChI=1S/C30H40F2N2O4/c1-4-6-7-8-9-10-27(34-29(36)33-25-16-15-23(31)20-24(25)32)30(17-18-30)22-13-11-21(12-14-22)19-26(38-5-2)28(35)37-3/h11-16,20,26-27H,4-10,17-19H2,1-3H3,(H2,33,34,36). The Morgan fingerprint density at radius 2 is 1.71 bits per heavy atom. The maximum atomic E-state index is 14.1. The van der Waals surface area contributed by atoms with Gasteiger partial charge in [-0.25, -0.2) is 18.4 Å². The van der Waals surface area contributed by atoms with E-state index in [0.717, 1.165) is 68.2 Å². The molecular weight excluding hydrogens is 490 g/mol. The zero-order chi connectivity index (χ0) is 27.5. The van der Waals surface area contributed by atoms with Crippen LogP contribution >= 0.6 is 0 Å². The molecule has 2 N–H and O–H groups in total. The predicted molar refractivity (Wildman–Crippen MR) is 144 cm³/mol. The molecule has 1 fully saturated rings. The molecule has 2 aromatic rings. The Labute approximate surface area is 224 Å². The minimum atomic E-state index is -0.815. The first-order valence-electron chi connectivity index (χ1n) is 13.6. The number of carbonyl (C=O) groups is 2. The number of urea groups is 1. The highest BCUT2D eigenvalue weighted by Crippen LogP contribution is 2.52. The molecule has 1 aliphatic rings. The number of unbranched alkanes of at least 4 members (excludes halogenated alkanes) is 4. The van der Waals surface area contributed by atoms with Crippen molar-refractivity contribution in [1.29, 1.82) is 0 Å². The number of benzene rings is 2. The fourth-order valence-electron chi connectivity index (χ4n) is 5.05. The van der Waals surface area contributed by atoms with Gasteiger partial charge in [-0.3, -0.25) is 0 Å². The van der Waals surface area contributed by atoms with E-state index in [4.69, 9.17) is 9.47 Å². The van der Waals surface area contributed by atoms with Crippen molar-refractivity contribution in [2.45, 2.75) is 89.2 Å². The third kappa shape index (κ3) is 8.00. The van der Waals surface area contributed by atoms with Crippen LogP contribution in [0.2, 0.25) is 0 Å². The van der Waals surface area contributed by atoms with Gasteiger partial charge in [-0.05, 0) is 49.4 Å². The Morgan fingerprint density at radius 1 is 1.00 bits per heavy atom. The van der Waals surface area contributed by atoms with Crippen molar-refractivity contribution in [2.24, 2.45) is 0 Å². The van der Waals surface area contributed by atoms with Gasteiger partial charge < -0.3 is 20.1 Å². The van der Waals surface area contributed by atoms with E-state index in [0.29, 0.717) is 13.0 Å². The van der Waals surface area contributed by atoms with Gasteiger partial charge in [-0.15, -0.1) is 0 Å². The van der Waals surface area contributed by atoms with Crippen LogP contribution in [-0.2, 0) is 26.1 Å². The molecule has 0 radical (unpaired) electrons. The van der Waals surface area contributed by atoms with Crippen molar-refractivity contribution in [3.8, 4) is 0 Å². The number of anilines is 1. The van der Waals surface area contributed by atoms with Crippen LogP contribution in [0.4, 0.5) is 19.3 Å². The molecule has 0 aliphatic heterocycles. The number of esters is 1. The zero-order valence-corrected chi connectivity index (χ0v) is 22.7. The lowest BCUT2D eigenvalue weighted by Crippen LogP contribution is -2.45. The van der Waals surface area contributed by atoms with Crippen molar-refractivity contribution >= 4 is 17.7 Å². The molecule has 2 atom stereocenters. The quantitative estimate of drug-likeness (QED) is 0.199. The Hall–Kier alpha value is -3.00. The smallest absolute Gasteiger partial charge is 0.335 e. The molecule has 0 bridgehead atoms. The number of hydrogen-bond donors (Lipinski definition) is 2. The summed E-state index contributed by atoms with van der Waals surface area (Å²) in [5.41, 5.74) is 1.82. The molecule has 2 unspecified atom stereocenters. The summed E-state index contributed by atoms with van der Waals surface area (Å²) in [6.45, 7) is 4.43. The van der Waals surface area contributed by atoms with Crippen LogP contribution in [0.1, 0.15) is 76.3 Å². The Morgan fingerprint density at radius 3 is 2.32 bits per heavy atom. The van der Waals surface area contributed by atoms with E-state index in [1.165, 1.54) is 19.6 Å². The van der Waals surface area contributed by atoms with Crippen LogP contribution in [0.5, 0.6) is 0 Å². The lowest BCUT2D eigenvalue weighted by atomic mass is 9.84. The fourth-order valence-corrected chi connectivity index (χ4v) is 5.05. The van der Waals surface area contributed by atoms with Gasteiger partial charge in [0.25, 0.3) is 0 Å². The highest BCUT2D eigenvalue weighted by atomic mass is 19.1. The van der Waals surface area contributed by atoms with Crippen molar-refractivity contribution in [3.05, 3.63) is 65.2 Å². The first-order valence-corrected chi connectivity index (χ1v) is 13.6. The molecule has 0 spiro atoms. The lowest BCUT2D eigenvalue weighted by Gasteiger charge is -2.29. The Balaban J connectivity index is 1.73. The number of halogens is 2. The van der Waals surface area contributed by atoms with E-state index in [1.807, 2.05) is 19.1 Å². The second-order valence-corrected chi connectivity index (χ2v) is 10.0.